The fraction of sp³-hybridized carbons (Fsp3) is 0.300. The van der Waals surface area contributed by atoms with Gasteiger partial charge in [-0.25, -0.2) is 9.78 Å². The Morgan fingerprint density at radius 1 is 1.08 bits per heavy atom. The van der Waals surface area contributed by atoms with Gasteiger partial charge in [-0.1, -0.05) is 11.8 Å². The van der Waals surface area contributed by atoms with Gasteiger partial charge in [0.05, 0.1) is 0 Å². The van der Waals surface area contributed by atoms with Crippen molar-refractivity contribution in [3.05, 3.63) is 53.7 Å². The van der Waals surface area contributed by atoms with E-state index in [1.165, 1.54) is 0 Å². The minimum absolute atomic E-state index is 0.430. The standard InChI is InChI=1S/C20H24N4O2/c1-20(2,3)26-19(25)23-13-12-22-18-11-8-16(14-24-18)5-4-15-6-9-17(21)10-7-15/h6-11,14H,12-13,21H2,1-3H3,(H,22,24)(H,23,25). The molecule has 4 N–H and O–H groups in total. The van der Waals surface area contributed by atoms with Crippen molar-refractivity contribution in [3.63, 3.8) is 0 Å². The van der Waals surface area contributed by atoms with Crippen molar-refractivity contribution in [2.45, 2.75) is 26.4 Å². The van der Waals surface area contributed by atoms with Crippen LogP contribution in [0.3, 0.4) is 0 Å². The number of hydrogen-bond donors (Lipinski definition) is 3. The number of anilines is 2. The molecule has 0 fully saturated rings. The Labute approximate surface area is 154 Å². The molecule has 2 aromatic rings. The van der Waals surface area contributed by atoms with Crippen molar-refractivity contribution in [2.24, 2.45) is 0 Å². The number of rotatable bonds is 4. The lowest BCUT2D eigenvalue weighted by Crippen LogP contribution is -2.35. The van der Waals surface area contributed by atoms with Gasteiger partial charge in [-0.15, -0.1) is 0 Å². The summed E-state index contributed by atoms with van der Waals surface area (Å²) in [5.74, 6) is 6.84. The summed E-state index contributed by atoms with van der Waals surface area (Å²) in [4.78, 5) is 15.8. The van der Waals surface area contributed by atoms with Crippen LogP contribution < -0.4 is 16.4 Å². The molecule has 0 aliphatic rings. The molecule has 0 spiro atoms. The lowest BCUT2D eigenvalue weighted by molar-refractivity contribution is 0.0530. The van der Waals surface area contributed by atoms with E-state index in [9.17, 15) is 4.79 Å². The number of aromatic nitrogens is 1. The summed E-state index contributed by atoms with van der Waals surface area (Å²) < 4.78 is 5.16. The summed E-state index contributed by atoms with van der Waals surface area (Å²) in [6.45, 7) is 6.46. The first-order chi connectivity index (χ1) is 12.3. The van der Waals surface area contributed by atoms with E-state index >= 15 is 0 Å². The molecule has 1 amide bonds. The Bertz CT molecular complexity index is 782. The number of carbonyl (C=O) groups is 1. The summed E-state index contributed by atoms with van der Waals surface area (Å²) in [7, 11) is 0. The van der Waals surface area contributed by atoms with Gasteiger partial charge in [0.1, 0.15) is 11.4 Å². The molecule has 0 aliphatic heterocycles. The third-order valence-corrected chi connectivity index (χ3v) is 3.12. The monoisotopic (exact) mass is 352 g/mol. The topological polar surface area (TPSA) is 89.3 Å². The van der Waals surface area contributed by atoms with Gasteiger partial charge in [0, 0.05) is 36.1 Å². The van der Waals surface area contributed by atoms with E-state index < -0.39 is 11.7 Å². The van der Waals surface area contributed by atoms with E-state index in [-0.39, 0.29) is 0 Å². The van der Waals surface area contributed by atoms with Gasteiger partial charge in [0.15, 0.2) is 0 Å². The summed E-state index contributed by atoms with van der Waals surface area (Å²) in [6, 6.07) is 11.1. The fourth-order valence-corrected chi connectivity index (χ4v) is 1.95. The second kappa shape index (κ2) is 8.77. The van der Waals surface area contributed by atoms with Crippen molar-refractivity contribution in [1.82, 2.24) is 10.3 Å². The number of carbonyl (C=O) groups excluding carboxylic acids is 1. The zero-order valence-electron chi connectivity index (χ0n) is 15.3. The molecule has 0 atom stereocenters. The van der Waals surface area contributed by atoms with Crippen LogP contribution in [0.25, 0.3) is 0 Å². The fourth-order valence-electron chi connectivity index (χ4n) is 1.95. The molecule has 2 rings (SSSR count). The van der Waals surface area contributed by atoms with Crippen molar-refractivity contribution in [1.29, 1.82) is 0 Å². The zero-order valence-corrected chi connectivity index (χ0v) is 15.3. The van der Waals surface area contributed by atoms with Gasteiger partial charge in [-0.3, -0.25) is 0 Å². The molecule has 0 radical (unpaired) electrons. The molecule has 136 valence electrons. The number of amides is 1. The number of ether oxygens (including phenoxy) is 1. The zero-order chi connectivity index (χ0) is 19.0. The van der Waals surface area contributed by atoms with Crippen LogP contribution in [0.15, 0.2) is 42.6 Å². The Morgan fingerprint density at radius 2 is 1.73 bits per heavy atom. The van der Waals surface area contributed by atoms with E-state index in [0.29, 0.717) is 24.6 Å². The Hall–Kier alpha value is -3.20. The molecular weight excluding hydrogens is 328 g/mol. The molecule has 1 aromatic carbocycles. The summed E-state index contributed by atoms with van der Waals surface area (Å²) in [6.07, 6.45) is 1.27. The van der Waals surface area contributed by atoms with Crippen molar-refractivity contribution in [3.8, 4) is 11.8 Å². The van der Waals surface area contributed by atoms with Crippen LogP contribution in [0.5, 0.6) is 0 Å². The van der Waals surface area contributed by atoms with E-state index in [2.05, 4.69) is 27.5 Å². The van der Waals surface area contributed by atoms with E-state index in [1.807, 2.05) is 57.2 Å². The van der Waals surface area contributed by atoms with Crippen LogP contribution in [-0.2, 0) is 4.74 Å². The predicted octanol–water partition coefficient (Wildman–Crippen LogP) is 3.00. The maximum absolute atomic E-state index is 11.5. The van der Waals surface area contributed by atoms with Crippen LogP contribution >= 0.6 is 0 Å². The highest BCUT2D eigenvalue weighted by molar-refractivity contribution is 5.67. The van der Waals surface area contributed by atoms with Crippen LogP contribution in [0.1, 0.15) is 31.9 Å². The first kappa shape index (κ1) is 19.1. The molecule has 0 bridgehead atoms. The molecular formula is C20H24N4O2. The Balaban J connectivity index is 1.77. The molecule has 0 saturated heterocycles. The normalized spacial score (nSPS) is 10.4. The van der Waals surface area contributed by atoms with Gasteiger partial charge >= 0.3 is 6.09 Å². The number of nitrogen functional groups attached to an aromatic ring is 1. The smallest absolute Gasteiger partial charge is 0.407 e. The predicted molar refractivity (Wildman–Crippen MR) is 104 cm³/mol. The van der Waals surface area contributed by atoms with Gasteiger partial charge in [0.25, 0.3) is 0 Å². The van der Waals surface area contributed by atoms with E-state index in [1.54, 1.807) is 6.20 Å². The van der Waals surface area contributed by atoms with Gasteiger partial charge in [0.2, 0.25) is 0 Å². The van der Waals surface area contributed by atoms with Crippen molar-refractivity contribution < 1.29 is 9.53 Å². The molecule has 6 heteroatoms. The summed E-state index contributed by atoms with van der Waals surface area (Å²) >= 11 is 0. The first-order valence-corrected chi connectivity index (χ1v) is 8.36. The van der Waals surface area contributed by atoms with Gasteiger partial charge < -0.3 is 21.1 Å². The number of alkyl carbamates (subject to hydrolysis) is 1. The van der Waals surface area contributed by atoms with E-state index in [0.717, 1.165) is 11.1 Å². The summed E-state index contributed by atoms with van der Waals surface area (Å²) in [5, 5.41) is 5.81. The maximum atomic E-state index is 11.5. The lowest BCUT2D eigenvalue weighted by atomic mass is 10.2. The Morgan fingerprint density at radius 3 is 2.35 bits per heavy atom. The van der Waals surface area contributed by atoms with Gasteiger partial charge in [-0.2, -0.15) is 0 Å². The second-order valence-corrected chi connectivity index (χ2v) is 6.66. The number of pyridine rings is 1. The third-order valence-electron chi connectivity index (χ3n) is 3.12. The van der Waals surface area contributed by atoms with Crippen LogP contribution in [-0.4, -0.2) is 29.8 Å². The number of nitrogens with zero attached hydrogens (tertiary/aromatic N) is 1. The largest absolute Gasteiger partial charge is 0.444 e. The quantitative estimate of drug-likeness (QED) is 0.447. The number of benzene rings is 1. The minimum atomic E-state index is -0.498. The average Bonchev–Trinajstić information content (AvgIpc) is 2.58. The molecule has 1 heterocycles. The highest BCUT2D eigenvalue weighted by Crippen LogP contribution is 2.07. The number of nitrogens with one attached hydrogen (secondary N) is 2. The summed E-state index contributed by atoms with van der Waals surface area (Å²) in [5.41, 5.74) is 7.58. The van der Waals surface area contributed by atoms with E-state index in [4.69, 9.17) is 10.5 Å². The van der Waals surface area contributed by atoms with Gasteiger partial charge in [-0.05, 0) is 57.2 Å². The van der Waals surface area contributed by atoms with Crippen LogP contribution in [0, 0.1) is 11.8 Å². The molecule has 0 aliphatic carbocycles. The molecule has 0 unspecified atom stereocenters. The SMILES string of the molecule is CC(C)(C)OC(=O)NCCNc1ccc(C#Cc2ccc(N)cc2)cn1. The average molecular weight is 352 g/mol. The molecule has 1 aromatic heterocycles. The molecule has 6 nitrogen and oxygen atoms in total. The first-order valence-electron chi connectivity index (χ1n) is 8.36. The lowest BCUT2D eigenvalue weighted by Gasteiger charge is -2.19. The molecule has 26 heavy (non-hydrogen) atoms. The molecule has 0 saturated carbocycles. The van der Waals surface area contributed by atoms with Crippen molar-refractivity contribution >= 4 is 17.6 Å². The number of hydrogen-bond acceptors (Lipinski definition) is 5. The Kier molecular flexibility index (Phi) is 6.45. The van der Waals surface area contributed by atoms with Crippen molar-refractivity contribution in [2.75, 3.05) is 24.1 Å². The highest BCUT2D eigenvalue weighted by Gasteiger charge is 2.15. The minimum Gasteiger partial charge on any atom is -0.444 e. The van der Waals surface area contributed by atoms with Crippen LogP contribution in [0.2, 0.25) is 0 Å². The number of nitrogens with two attached hydrogens (primary N) is 1. The maximum Gasteiger partial charge on any atom is 0.407 e. The van der Waals surface area contributed by atoms with Crippen LogP contribution in [0.4, 0.5) is 16.3 Å². The highest BCUT2D eigenvalue weighted by atomic mass is 16.6. The third kappa shape index (κ3) is 7.14. The second-order valence-electron chi connectivity index (χ2n) is 6.66.